The molecule has 19 heavy (non-hydrogen) atoms. The van der Waals surface area contributed by atoms with E-state index in [-0.39, 0.29) is 5.91 Å². The lowest BCUT2D eigenvalue weighted by Gasteiger charge is -2.34. The van der Waals surface area contributed by atoms with Gasteiger partial charge in [0.1, 0.15) is 0 Å². The molecule has 0 aromatic heterocycles. The van der Waals surface area contributed by atoms with Gasteiger partial charge in [-0.15, -0.1) is 12.6 Å². The average molecular weight is 342 g/mol. The van der Waals surface area contributed by atoms with Gasteiger partial charge in [-0.2, -0.15) is 0 Å². The Morgan fingerprint density at radius 1 is 1.42 bits per heavy atom. The van der Waals surface area contributed by atoms with Crippen molar-refractivity contribution in [3.63, 3.8) is 0 Å². The molecule has 0 N–H and O–H groups in total. The SMILES string of the molecule is CC1CCCC(N(C)C(=O)c2ccc(Br)cc2S)C1. The number of rotatable bonds is 2. The van der Waals surface area contributed by atoms with Crippen LogP contribution in [-0.4, -0.2) is 23.9 Å². The van der Waals surface area contributed by atoms with Gasteiger partial charge in [0.2, 0.25) is 0 Å². The highest BCUT2D eigenvalue weighted by Crippen LogP contribution is 2.28. The van der Waals surface area contributed by atoms with Gasteiger partial charge < -0.3 is 4.90 Å². The molecular weight excluding hydrogens is 322 g/mol. The van der Waals surface area contributed by atoms with E-state index in [0.717, 1.165) is 28.1 Å². The zero-order valence-corrected chi connectivity index (χ0v) is 13.9. The summed E-state index contributed by atoms with van der Waals surface area (Å²) in [5.74, 6) is 0.797. The largest absolute Gasteiger partial charge is 0.339 e. The van der Waals surface area contributed by atoms with Gasteiger partial charge in [-0.25, -0.2) is 0 Å². The van der Waals surface area contributed by atoms with Gasteiger partial charge >= 0.3 is 0 Å². The summed E-state index contributed by atoms with van der Waals surface area (Å²) in [7, 11) is 1.92. The quantitative estimate of drug-likeness (QED) is 0.791. The molecule has 0 spiro atoms. The summed E-state index contributed by atoms with van der Waals surface area (Å²) in [4.78, 5) is 15.2. The number of hydrogen-bond acceptors (Lipinski definition) is 2. The fourth-order valence-corrected chi connectivity index (χ4v) is 3.64. The van der Waals surface area contributed by atoms with Crippen molar-refractivity contribution >= 4 is 34.5 Å². The zero-order chi connectivity index (χ0) is 14.0. The van der Waals surface area contributed by atoms with Crippen molar-refractivity contribution in [2.45, 2.75) is 43.5 Å². The second kappa shape index (κ2) is 6.31. The van der Waals surface area contributed by atoms with Gasteiger partial charge in [-0.3, -0.25) is 4.79 Å². The van der Waals surface area contributed by atoms with E-state index in [2.05, 4.69) is 35.5 Å². The highest BCUT2D eigenvalue weighted by atomic mass is 79.9. The molecule has 0 heterocycles. The third-order valence-corrected chi connectivity index (χ3v) is 4.83. The van der Waals surface area contributed by atoms with Crippen molar-refractivity contribution in [1.29, 1.82) is 0 Å². The lowest BCUT2D eigenvalue weighted by molar-refractivity contribution is 0.0669. The van der Waals surface area contributed by atoms with Gasteiger partial charge in [-0.1, -0.05) is 35.7 Å². The van der Waals surface area contributed by atoms with Crippen molar-refractivity contribution in [2.75, 3.05) is 7.05 Å². The number of hydrogen-bond donors (Lipinski definition) is 1. The Hall–Kier alpha value is -0.480. The number of amides is 1. The van der Waals surface area contributed by atoms with Crippen molar-refractivity contribution in [3.8, 4) is 0 Å². The minimum atomic E-state index is 0.0802. The lowest BCUT2D eigenvalue weighted by atomic mass is 9.86. The van der Waals surface area contributed by atoms with Crippen LogP contribution in [0.4, 0.5) is 0 Å². The van der Waals surface area contributed by atoms with Crippen LogP contribution in [0.1, 0.15) is 43.0 Å². The first-order valence-electron chi connectivity index (χ1n) is 6.74. The van der Waals surface area contributed by atoms with Gasteiger partial charge in [0, 0.05) is 22.5 Å². The van der Waals surface area contributed by atoms with E-state index in [1.54, 1.807) is 0 Å². The smallest absolute Gasteiger partial charge is 0.254 e. The fraction of sp³-hybridized carbons (Fsp3) is 0.533. The van der Waals surface area contributed by atoms with Crippen LogP contribution in [0, 0.1) is 5.92 Å². The summed E-state index contributed by atoms with van der Waals surface area (Å²) in [6.07, 6.45) is 4.73. The Bertz CT molecular complexity index is 477. The second-order valence-electron chi connectivity index (χ2n) is 5.50. The predicted molar refractivity (Wildman–Crippen MR) is 84.9 cm³/mol. The topological polar surface area (TPSA) is 20.3 Å². The van der Waals surface area contributed by atoms with Crippen molar-refractivity contribution < 1.29 is 4.79 Å². The summed E-state index contributed by atoms with van der Waals surface area (Å²) in [6, 6.07) is 5.97. The van der Waals surface area contributed by atoms with E-state index >= 15 is 0 Å². The van der Waals surface area contributed by atoms with Gasteiger partial charge in [0.25, 0.3) is 5.91 Å². The fourth-order valence-electron chi connectivity index (χ4n) is 2.80. The normalized spacial score (nSPS) is 23.2. The van der Waals surface area contributed by atoms with E-state index in [1.807, 2.05) is 30.1 Å². The van der Waals surface area contributed by atoms with E-state index in [4.69, 9.17) is 0 Å². The average Bonchev–Trinajstić information content (AvgIpc) is 2.37. The molecular formula is C15H20BrNOS. The van der Waals surface area contributed by atoms with Crippen LogP contribution < -0.4 is 0 Å². The number of thiol groups is 1. The number of carbonyl (C=O) groups excluding carboxylic acids is 1. The van der Waals surface area contributed by atoms with Crippen molar-refractivity contribution in [2.24, 2.45) is 5.92 Å². The minimum absolute atomic E-state index is 0.0802. The number of benzene rings is 1. The summed E-state index contributed by atoms with van der Waals surface area (Å²) in [5.41, 5.74) is 0.687. The first kappa shape index (κ1) is 14.9. The zero-order valence-electron chi connectivity index (χ0n) is 11.4. The van der Waals surface area contributed by atoms with E-state index in [1.165, 1.54) is 12.8 Å². The van der Waals surface area contributed by atoms with Crippen LogP contribution in [0.5, 0.6) is 0 Å². The molecule has 2 nitrogen and oxygen atoms in total. The maximum atomic E-state index is 12.5. The Morgan fingerprint density at radius 3 is 2.79 bits per heavy atom. The Balaban J connectivity index is 2.14. The van der Waals surface area contributed by atoms with Crippen LogP contribution in [0.3, 0.4) is 0 Å². The van der Waals surface area contributed by atoms with Crippen LogP contribution in [0.2, 0.25) is 0 Å². The van der Waals surface area contributed by atoms with Gasteiger partial charge in [0.05, 0.1) is 5.56 Å². The molecule has 0 radical (unpaired) electrons. The maximum Gasteiger partial charge on any atom is 0.254 e. The molecule has 0 bridgehead atoms. The van der Waals surface area contributed by atoms with Crippen molar-refractivity contribution in [3.05, 3.63) is 28.2 Å². The molecule has 2 atom stereocenters. The molecule has 1 saturated carbocycles. The molecule has 2 unspecified atom stereocenters. The highest BCUT2D eigenvalue weighted by molar-refractivity contribution is 9.10. The molecule has 4 heteroatoms. The van der Waals surface area contributed by atoms with Gasteiger partial charge in [0.15, 0.2) is 0 Å². The molecule has 1 aliphatic carbocycles. The minimum Gasteiger partial charge on any atom is -0.339 e. The first-order valence-corrected chi connectivity index (χ1v) is 7.98. The third-order valence-electron chi connectivity index (χ3n) is 3.97. The van der Waals surface area contributed by atoms with E-state index < -0.39 is 0 Å². The van der Waals surface area contributed by atoms with Crippen LogP contribution in [0.25, 0.3) is 0 Å². The molecule has 104 valence electrons. The number of nitrogens with zero attached hydrogens (tertiary/aromatic N) is 1. The van der Waals surface area contributed by atoms with E-state index in [9.17, 15) is 4.79 Å². The summed E-state index contributed by atoms with van der Waals surface area (Å²) >= 11 is 7.80. The molecule has 1 fully saturated rings. The molecule has 1 aromatic carbocycles. The second-order valence-corrected chi connectivity index (χ2v) is 6.90. The number of carbonyl (C=O) groups is 1. The van der Waals surface area contributed by atoms with E-state index in [0.29, 0.717) is 11.6 Å². The first-order chi connectivity index (χ1) is 8.99. The molecule has 1 amide bonds. The van der Waals surface area contributed by atoms with Crippen molar-refractivity contribution in [1.82, 2.24) is 4.90 Å². The monoisotopic (exact) mass is 341 g/mol. The molecule has 1 aliphatic rings. The number of halogens is 1. The lowest BCUT2D eigenvalue weighted by Crippen LogP contribution is -2.40. The maximum absolute atomic E-state index is 12.5. The third kappa shape index (κ3) is 3.54. The predicted octanol–water partition coefficient (Wildman–Crippen LogP) is 4.39. The van der Waals surface area contributed by atoms with Crippen LogP contribution in [-0.2, 0) is 0 Å². The molecule has 2 rings (SSSR count). The highest BCUT2D eigenvalue weighted by Gasteiger charge is 2.26. The molecule has 1 aromatic rings. The van der Waals surface area contributed by atoms with Crippen LogP contribution >= 0.6 is 28.6 Å². The summed E-state index contributed by atoms with van der Waals surface area (Å²) in [6.45, 7) is 2.27. The Morgan fingerprint density at radius 2 is 2.16 bits per heavy atom. The van der Waals surface area contributed by atoms with Gasteiger partial charge in [-0.05, 0) is 37.0 Å². The van der Waals surface area contributed by atoms with Crippen LogP contribution in [0.15, 0.2) is 27.6 Å². The molecule has 0 saturated heterocycles. The Kier molecular flexibility index (Phi) is 4.96. The standard InChI is InChI=1S/C15H20BrNOS/c1-10-4-3-5-12(8-10)17(2)15(18)13-7-6-11(16)9-14(13)19/h6-7,9-10,12,19H,3-5,8H2,1-2H3. The Labute approximate surface area is 129 Å². The molecule has 0 aliphatic heterocycles. The summed E-state index contributed by atoms with van der Waals surface area (Å²) < 4.78 is 0.947. The summed E-state index contributed by atoms with van der Waals surface area (Å²) in [5, 5.41) is 0.